The van der Waals surface area contributed by atoms with Crippen LogP contribution in [-0.4, -0.2) is 13.0 Å². The highest BCUT2D eigenvalue weighted by atomic mass is 35.5. The summed E-state index contributed by atoms with van der Waals surface area (Å²) in [4.78, 5) is 12.0. The monoisotopic (exact) mass is 362 g/mol. The largest absolute Gasteiger partial charge is 0.497 e. The van der Waals surface area contributed by atoms with Gasteiger partial charge in [-0.3, -0.25) is 4.79 Å². The highest BCUT2D eigenvalue weighted by molar-refractivity contribution is 5.91. The zero-order valence-corrected chi connectivity index (χ0v) is 15.7. The Bertz CT molecular complexity index is 672. The van der Waals surface area contributed by atoms with Gasteiger partial charge < -0.3 is 15.8 Å². The highest BCUT2D eigenvalue weighted by Crippen LogP contribution is 2.19. The first kappa shape index (κ1) is 20.8. The zero-order valence-electron chi connectivity index (χ0n) is 14.9. The highest BCUT2D eigenvalue weighted by Gasteiger charge is 2.05. The molecule has 2 rings (SSSR count). The lowest BCUT2D eigenvalue weighted by Gasteiger charge is -2.09. The Hall–Kier alpha value is -2.20. The summed E-state index contributed by atoms with van der Waals surface area (Å²) in [5.74, 6) is 0.931. The van der Waals surface area contributed by atoms with Crippen molar-refractivity contribution < 1.29 is 9.53 Å². The van der Waals surface area contributed by atoms with Crippen molar-refractivity contribution in [3.63, 3.8) is 0 Å². The maximum absolute atomic E-state index is 12.0. The van der Waals surface area contributed by atoms with Gasteiger partial charge in [-0.05, 0) is 61.6 Å². The van der Waals surface area contributed by atoms with Gasteiger partial charge in [0.05, 0.1) is 7.11 Å². The van der Waals surface area contributed by atoms with E-state index in [9.17, 15) is 4.79 Å². The molecule has 3 N–H and O–H groups in total. The molecular formula is C20H27ClN2O2. The third-order valence-electron chi connectivity index (χ3n) is 4.06. The second-order valence-electron chi connectivity index (χ2n) is 6.03. The predicted octanol–water partition coefficient (Wildman–Crippen LogP) is 4.75. The van der Waals surface area contributed by atoms with Gasteiger partial charge in [-0.1, -0.05) is 24.6 Å². The number of amides is 1. The molecule has 0 aliphatic rings. The predicted molar refractivity (Wildman–Crippen MR) is 107 cm³/mol. The molecule has 0 spiro atoms. The molecule has 4 nitrogen and oxygen atoms in total. The summed E-state index contributed by atoms with van der Waals surface area (Å²) in [7, 11) is 1.67. The number of carbonyl (C=O) groups excluding carboxylic acids is 1. The van der Waals surface area contributed by atoms with Crippen molar-refractivity contribution in [2.45, 2.75) is 39.0 Å². The average Bonchev–Trinajstić information content (AvgIpc) is 2.58. The van der Waals surface area contributed by atoms with Crippen LogP contribution in [0.25, 0.3) is 0 Å². The molecule has 0 saturated heterocycles. The number of unbranched alkanes of at least 4 members (excludes halogenated alkanes) is 2. The molecule has 2 aromatic rings. The van der Waals surface area contributed by atoms with Crippen LogP contribution in [-0.2, 0) is 11.2 Å². The van der Waals surface area contributed by atoms with Gasteiger partial charge in [-0.15, -0.1) is 12.4 Å². The van der Waals surface area contributed by atoms with Crippen LogP contribution in [0.5, 0.6) is 5.75 Å². The Morgan fingerprint density at radius 2 is 1.80 bits per heavy atom. The number of hydrogen-bond donors (Lipinski definition) is 2. The summed E-state index contributed by atoms with van der Waals surface area (Å²) in [6, 6.07) is 13.7. The third kappa shape index (κ3) is 7.06. The maximum Gasteiger partial charge on any atom is 0.224 e. The molecule has 0 fully saturated rings. The summed E-state index contributed by atoms with van der Waals surface area (Å²) >= 11 is 0. The lowest BCUT2D eigenvalue weighted by Crippen LogP contribution is -2.12. The van der Waals surface area contributed by atoms with E-state index < -0.39 is 0 Å². The number of anilines is 2. The van der Waals surface area contributed by atoms with E-state index in [4.69, 9.17) is 10.5 Å². The Labute approximate surface area is 156 Å². The topological polar surface area (TPSA) is 64.3 Å². The summed E-state index contributed by atoms with van der Waals surface area (Å²) in [5.41, 5.74) is 9.55. The molecule has 1 amide bonds. The molecule has 0 unspecified atom stereocenters. The molecule has 0 bridgehead atoms. The van der Waals surface area contributed by atoms with Gasteiger partial charge in [0.2, 0.25) is 5.91 Å². The Morgan fingerprint density at radius 1 is 1.08 bits per heavy atom. The smallest absolute Gasteiger partial charge is 0.224 e. The van der Waals surface area contributed by atoms with E-state index in [0.717, 1.165) is 42.7 Å². The van der Waals surface area contributed by atoms with E-state index in [1.54, 1.807) is 13.2 Å². The van der Waals surface area contributed by atoms with Crippen molar-refractivity contribution in [2.75, 3.05) is 18.2 Å². The number of halogens is 1. The van der Waals surface area contributed by atoms with Crippen LogP contribution in [0.1, 0.15) is 36.8 Å². The molecule has 0 atom stereocenters. The zero-order chi connectivity index (χ0) is 17.4. The van der Waals surface area contributed by atoms with Crippen molar-refractivity contribution >= 4 is 29.7 Å². The fraction of sp³-hybridized carbons (Fsp3) is 0.350. The lowest BCUT2D eigenvalue weighted by molar-refractivity contribution is -0.116. The number of nitrogens with one attached hydrogen (secondary N) is 1. The minimum Gasteiger partial charge on any atom is -0.497 e. The second-order valence-corrected chi connectivity index (χ2v) is 6.03. The minimum absolute atomic E-state index is 0. The van der Waals surface area contributed by atoms with E-state index in [2.05, 4.69) is 17.4 Å². The van der Waals surface area contributed by atoms with Gasteiger partial charge in [0.1, 0.15) is 5.75 Å². The Morgan fingerprint density at radius 3 is 2.48 bits per heavy atom. The fourth-order valence-corrected chi connectivity index (χ4v) is 2.57. The number of hydrogen-bond acceptors (Lipinski definition) is 3. The molecule has 0 aliphatic heterocycles. The molecule has 25 heavy (non-hydrogen) atoms. The standard InChI is InChI=1S/C20H26N2O2.ClH/c1-15-8-11-17(21)14-19(15)22-20(23)7-5-3-4-6-16-9-12-18(24-2)13-10-16;/h8-14H,3-7,21H2,1-2H3,(H,22,23);1H. The molecule has 0 radical (unpaired) electrons. The van der Waals surface area contributed by atoms with Crippen LogP contribution < -0.4 is 15.8 Å². The molecule has 0 saturated carbocycles. The van der Waals surface area contributed by atoms with E-state index in [1.165, 1.54) is 5.56 Å². The summed E-state index contributed by atoms with van der Waals surface area (Å²) < 4.78 is 5.15. The number of ether oxygens (including phenoxy) is 1. The van der Waals surface area contributed by atoms with Crippen molar-refractivity contribution in [3.8, 4) is 5.75 Å². The Balaban J connectivity index is 0.00000312. The first-order valence-corrected chi connectivity index (χ1v) is 8.37. The summed E-state index contributed by atoms with van der Waals surface area (Å²) in [6.45, 7) is 1.96. The van der Waals surface area contributed by atoms with Gasteiger partial charge in [0.25, 0.3) is 0 Å². The van der Waals surface area contributed by atoms with Crippen molar-refractivity contribution in [1.29, 1.82) is 0 Å². The van der Waals surface area contributed by atoms with E-state index >= 15 is 0 Å². The number of carbonyl (C=O) groups is 1. The van der Waals surface area contributed by atoms with Crippen LogP contribution in [0.2, 0.25) is 0 Å². The van der Waals surface area contributed by atoms with Gasteiger partial charge >= 0.3 is 0 Å². The number of aryl methyl sites for hydroxylation is 2. The van der Waals surface area contributed by atoms with Gasteiger partial charge in [-0.25, -0.2) is 0 Å². The first-order valence-electron chi connectivity index (χ1n) is 8.37. The maximum atomic E-state index is 12.0. The van der Waals surface area contributed by atoms with Gasteiger partial charge in [0.15, 0.2) is 0 Å². The number of nitrogen functional groups attached to an aromatic ring is 1. The lowest BCUT2D eigenvalue weighted by atomic mass is 10.1. The van der Waals surface area contributed by atoms with Crippen molar-refractivity contribution in [1.82, 2.24) is 0 Å². The number of benzene rings is 2. The van der Waals surface area contributed by atoms with Crippen molar-refractivity contribution in [3.05, 3.63) is 53.6 Å². The molecule has 136 valence electrons. The summed E-state index contributed by atoms with van der Waals surface area (Å²) in [6.07, 6.45) is 4.58. The third-order valence-corrected chi connectivity index (χ3v) is 4.06. The number of nitrogens with two attached hydrogens (primary N) is 1. The van der Waals surface area contributed by atoms with Gasteiger partial charge in [0, 0.05) is 17.8 Å². The number of rotatable bonds is 8. The normalized spacial score (nSPS) is 10.0. The van der Waals surface area contributed by atoms with E-state index in [1.807, 2.05) is 31.2 Å². The second kappa shape index (κ2) is 10.6. The quantitative estimate of drug-likeness (QED) is 0.526. The van der Waals surface area contributed by atoms with Crippen molar-refractivity contribution in [2.24, 2.45) is 0 Å². The van der Waals surface area contributed by atoms with Crippen LogP contribution in [0.15, 0.2) is 42.5 Å². The van der Waals surface area contributed by atoms with Crippen LogP contribution >= 0.6 is 12.4 Å². The molecule has 0 aromatic heterocycles. The first-order chi connectivity index (χ1) is 11.6. The summed E-state index contributed by atoms with van der Waals surface area (Å²) in [5, 5.41) is 2.94. The SMILES string of the molecule is COc1ccc(CCCCCC(=O)Nc2cc(N)ccc2C)cc1.Cl. The molecule has 5 heteroatoms. The van der Waals surface area contributed by atoms with Crippen LogP contribution in [0.4, 0.5) is 11.4 Å². The Kier molecular flexibility index (Phi) is 8.86. The number of methoxy groups -OCH3 is 1. The fourth-order valence-electron chi connectivity index (χ4n) is 2.57. The molecule has 2 aromatic carbocycles. The molecule has 0 heterocycles. The van der Waals surface area contributed by atoms with E-state index in [-0.39, 0.29) is 18.3 Å². The van der Waals surface area contributed by atoms with Crippen LogP contribution in [0, 0.1) is 6.92 Å². The molecular weight excluding hydrogens is 336 g/mol. The van der Waals surface area contributed by atoms with E-state index in [0.29, 0.717) is 12.1 Å². The van der Waals surface area contributed by atoms with Gasteiger partial charge in [-0.2, -0.15) is 0 Å². The van der Waals surface area contributed by atoms with Crippen LogP contribution in [0.3, 0.4) is 0 Å². The minimum atomic E-state index is 0. The average molecular weight is 363 g/mol. The molecule has 0 aliphatic carbocycles.